The molecule has 1 heterocycles. The molecule has 4 heteroatoms. The van der Waals surface area contributed by atoms with Crippen molar-refractivity contribution in [2.24, 2.45) is 5.92 Å². The van der Waals surface area contributed by atoms with Crippen LogP contribution in [0.5, 0.6) is 0 Å². The molecule has 0 radical (unpaired) electrons. The maximum Gasteiger partial charge on any atom is 0.0881 e. The summed E-state index contributed by atoms with van der Waals surface area (Å²) in [6.07, 6.45) is 6.87. The van der Waals surface area contributed by atoms with E-state index in [0.29, 0.717) is 22.1 Å². The average Bonchev–Trinajstić information content (AvgIpc) is 2.40. The van der Waals surface area contributed by atoms with Gasteiger partial charge in [0.15, 0.2) is 0 Å². The zero-order valence-electron chi connectivity index (χ0n) is 11.6. The molecule has 2 aliphatic rings. The maximum atomic E-state index is 6.43. The molecule has 1 saturated carbocycles. The minimum Gasteiger partial charge on any atom is -0.370 e. The van der Waals surface area contributed by atoms with E-state index in [-0.39, 0.29) is 6.10 Å². The van der Waals surface area contributed by atoms with Gasteiger partial charge in [-0.25, -0.2) is 0 Å². The summed E-state index contributed by atoms with van der Waals surface area (Å²) in [6.45, 7) is 2.05. The average molecular weight is 314 g/mol. The summed E-state index contributed by atoms with van der Waals surface area (Å²) < 4.78 is 6.43. The van der Waals surface area contributed by atoms with E-state index in [1.807, 2.05) is 12.1 Å². The smallest absolute Gasteiger partial charge is 0.0881 e. The van der Waals surface area contributed by atoms with Crippen molar-refractivity contribution in [1.82, 2.24) is 5.32 Å². The van der Waals surface area contributed by atoms with E-state index in [1.165, 1.54) is 32.1 Å². The molecular formula is C16H21Cl2NO. The van der Waals surface area contributed by atoms with Gasteiger partial charge in [0.25, 0.3) is 0 Å². The molecule has 1 unspecified atom stereocenters. The second-order valence-electron chi connectivity index (χ2n) is 5.91. The molecule has 0 aromatic heterocycles. The molecule has 0 bridgehead atoms. The minimum atomic E-state index is 0.147. The first-order valence-corrected chi connectivity index (χ1v) is 8.31. The van der Waals surface area contributed by atoms with Crippen LogP contribution in [-0.4, -0.2) is 19.2 Å². The Hall–Kier alpha value is -0.280. The van der Waals surface area contributed by atoms with Crippen LogP contribution in [0.25, 0.3) is 0 Å². The summed E-state index contributed by atoms with van der Waals surface area (Å²) in [5.41, 5.74) is 1.16. The van der Waals surface area contributed by atoms with Gasteiger partial charge in [0.2, 0.25) is 0 Å². The molecule has 0 amide bonds. The zero-order valence-corrected chi connectivity index (χ0v) is 13.1. The lowest BCUT2D eigenvalue weighted by molar-refractivity contribution is -0.0699. The van der Waals surface area contributed by atoms with Crippen LogP contribution in [0.4, 0.5) is 0 Å². The lowest BCUT2D eigenvalue weighted by Gasteiger charge is -2.38. The molecule has 1 aromatic rings. The lowest BCUT2D eigenvalue weighted by Crippen LogP contribution is -2.46. The van der Waals surface area contributed by atoms with Crippen molar-refractivity contribution < 1.29 is 4.74 Å². The van der Waals surface area contributed by atoms with E-state index >= 15 is 0 Å². The Balaban J connectivity index is 1.75. The largest absolute Gasteiger partial charge is 0.370 e. The molecule has 2 fully saturated rings. The first-order chi connectivity index (χ1) is 9.74. The predicted octanol–water partition coefficient (Wildman–Crippen LogP) is 4.60. The molecule has 1 aromatic carbocycles. The van der Waals surface area contributed by atoms with Gasteiger partial charge in [0, 0.05) is 19.0 Å². The Morgan fingerprint density at radius 1 is 1.05 bits per heavy atom. The van der Waals surface area contributed by atoms with Gasteiger partial charge in [-0.1, -0.05) is 48.5 Å². The van der Waals surface area contributed by atoms with Crippen molar-refractivity contribution in [1.29, 1.82) is 0 Å². The summed E-state index contributed by atoms with van der Waals surface area (Å²) >= 11 is 12.2. The van der Waals surface area contributed by atoms with E-state index in [9.17, 15) is 0 Å². The highest BCUT2D eigenvalue weighted by Gasteiger charge is 2.31. The van der Waals surface area contributed by atoms with Gasteiger partial charge in [0.05, 0.1) is 22.3 Å². The third-order valence-electron chi connectivity index (χ3n) is 4.40. The molecule has 2 nitrogen and oxygen atoms in total. The van der Waals surface area contributed by atoms with Crippen LogP contribution >= 0.6 is 23.2 Å². The number of ether oxygens (including phenoxy) is 1. The van der Waals surface area contributed by atoms with E-state index in [2.05, 4.69) is 11.4 Å². The molecule has 1 N–H and O–H groups in total. The van der Waals surface area contributed by atoms with Crippen LogP contribution in [0.1, 0.15) is 43.8 Å². The Kier molecular flexibility index (Phi) is 4.87. The molecule has 1 atom stereocenters. The number of hydrogen-bond acceptors (Lipinski definition) is 2. The third-order valence-corrected chi connectivity index (χ3v) is 5.14. The van der Waals surface area contributed by atoms with Gasteiger partial charge in [-0.3, -0.25) is 0 Å². The number of benzene rings is 1. The van der Waals surface area contributed by atoms with Gasteiger partial charge in [-0.2, -0.15) is 0 Å². The van der Waals surface area contributed by atoms with Crippen molar-refractivity contribution in [2.75, 3.05) is 13.1 Å². The fourth-order valence-corrected chi connectivity index (χ4v) is 3.39. The van der Waals surface area contributed by atoms with Gasteiger partial charge in [-0.15, -0.1) is 0 Å². The van der Waals surface area contributed by atoms with E-state index in [0.717, 1.165) is 18.7 Å². The number of hydrogen-bond donors (Lipinski definition) is 1. The highest BCUT2D eigenvalue weighted by Crippen LogP contribution is 2.36. The van der Waals surface area contributed by atoms with E-state index in [4.69, 9.17) is 27.9 Å². The lowest BCUT2D eigenvalue weighted by atomic mass is 9.89. The summed E-state index contributed by atoms with van der Waals surface area (Å²) in [4.78, 5) is 0. The first-order valence-electron chi connectivity index (χ1n) is 7.55. The molecule has 1 aliphatic carbocycles. The van der Waals surface area contributed by atoms with Crippen LogP contribution in [0.3, 0.4) is 0 Å². The summed E-state index contributed by atoms with van der Waals surface area (Å²) in [5.74, 6) is 0.550. The van der Waals surface area contributed by atoms with Crippen LogP contribution in [0.2, 0.25) is 10.0 Å². The number of halogens is 2. The van der Waals surface area contributed by atoms with Crippen molar-refractivity contribution in [3.8, 4) is 0 Å². The zero-order chi connectivity index (χ0) is 13.9. The van der Waals surface area contributed by atoms with Crippen LogP contribution in [-0.2, 0) is 4.74 Å². The van der Waals surface area contributed by atoms with Gasteiger partial charge in [-0.05, 0) is 30.5 Å². The fourth-order valence-electron chi connectivity index (χ4n) is 3.08. The standard InChI is InChI=1S/C16H21Cl2NO/c17-14-7-6-11(8-15(14)18)16(12-9-19-10-12)20-13-4-2-1-3-5-13/h6-8,12-13,16,19H,1-5,9-10H2. The summed E-state index contributed by atoms with van der Waals surface area (Å²) in [7, 11) is 0. The molecule has 3 rings (SSSR count). The Morgan fingerprint density at radius 3 is 2.40 bits per heavy atom. The van der Waals surface area contributed by atoms with Crippen molar-refractivity contribution in [2.45, 2.75) is 44.3 Å². The van der Waals surface area contributed by atoms with E-state index < -0.39 is 0 Å². The first kappa shape index (κ1) is 14.6. The summed E-state index contributed by atoms with van der Waals surface area (Å²) in [5, 5.41) is 4.56. The highest BCUT2D eigenvalue weighted by atomic mass is 35.5. The maximum absolute atomic E-state index is 6.43. The molecular weight excluding hydrogens is 293 g/mol. The molecule has 0 spiro atoms. The van der Waals surface area contributed by atoms with Gasteiger partial charge in [0.1, 0.15) is 0 Å². The predicted molar refractivity (Wildman–Crippen MR) is 83.5 cm³/mol. The van der Waals surface area contributed by atoms with E-state index in [1.54, 1.807) is 0 Å². The quantitative estimate of drug-likeness (QED) is 0.877. The third kappa shape index (κ3) is 3.30. The molecule has 110 valence electrons. The van der Waals surface area contributed by atoms with Crippen LogP contribution in [0, 0.1) is 5.92 Å². The topological polar surface area (TPSA) is 21.3 Å². The monoisotopic (exact) mass is 313 g/mol. The minimum absolute atomic E-state index is 0.147. The van der Waals surface area contributed by atoms with Crippen molar-refractivity contribution in [3.63, 3.8) is 0 Å². The second kappa shape index (κ2) is 6.65. The van der Waals surface area contributed by atoms with Crippen molar-refractivity contribution >= 4 is 23.2 Å². The molecule has 1 aliphatic heterocycles. The Morgan fingerprint density at radius 2 is 1.80 bits per heavy atom. The number of rotatable bonds is 4. The van der Waals surface area contributed by atoms with Gasteiger partial charge < -0.3 is 10.1 Å². The SMILES string of the molecule is Clc1ccc(C(OC2CCCCC2)C2CNC2)cc1Cl. The highest BCUT2D eigenvalue weighted by molar-refractivity contribution is 6.42. The summed E-state index contributed by atoms with van der Waals surface area (Å²) in [6, 6.07) is 5.90. The normalized spacial score (nSPS) is 22.5. The van der Waals surface area contributed by atoms with Crippen LogP contribution < -0.4 is 5.32 Å². The second-order valence-corrected chi connectivity index (χ2v) is 6.72. The fraction of sp³-hybridized carbons (Fsp3) is 0.625. The molecule has 1 saturated heterocycles. The molecule has 20 heavy (non-hydrogen) atoms. The number of nitrogens with one attached hydrogen (secondary N) is 1. The van der Waals surface area contributed by atoms with Crippen LogP contribution in [0.15, 0.2) is 18.2 Å². The van der Waals surface area contributed by atoms with Gasteiger partial charge >= 0.3 is 0 Å². The van der Waals surface area contributed by atoms with Crippen molar-refractivity contribution in [3.05, 3.63) is 33.8 Å². The Labute approximate surface area is 130 Å². The Bertz CT molecular complexity index is 456.